The number of fused-ring (bicyclic) bond motifs is 2. The Morgan fingerprint density at radius 3 is 2.97 bits per heavy atom. The second kappa shape index (κ2) is 9.06. The van der Waals surface area contributed by atoms with Crippen molar-refractivity contribution >= 4 is 28.6 Å². The first-order valence-electron chi connectivity index (χ1n) is 9.89. The summed E-state index contributed by atoms with van der Waals surface area (Å²) in [5.74, 6) is 0.209. The summed E-state index contributed by atoms with van der Waals surface area (Å²) >= 11 is 1.34. The topological polar surface area (TPSA) is 78.7 Å². The number of nitriles is 1. The molecule has 0 radical (unpaired) electrons. The first kappa shape index (κ1) is 19.4. The summed E-state index contributed by atoms with van der Waals surface area (Å²) in [7, 11) is 0. The molecule has 1 amide bonds. The molecule has 0 atom stereocenters. The molecule has 3 aromatic rings. The summed E-state index contributed by atoms with van der Waals surface area (Å²) in [6.07, 6.45) is 6.76. The van der Waals surface area contributed by atoms with E-state index in [1.165, 1.54) is 17.3 Å². The fourth-order valence-electron chi connectivity index (χ4n) is 3.70. The zero-order valence-corrected chi connectivity index (χ0v) is 17.0. The largest absolute Gasteiger partial charge is 0.355 e. The van der Waals surface area contributed by atoms with E-state index in [-0.39, 0.29) is 11.7 Å². The van der Waals surface area contributed by atoms with Gasteiger partial charge in [-0.15, -0.1) is 0 Å². The molecule has 1 aliphatic rings. The molecule has 2 aromatic heterocycles. The van der Waals surface area contributed by atoms with Crippen LogP contribution in [0.1, 0.15) is 35.2 Å². The van der Waals surface area contributed by atoms with Gasteiger partial charge in [-0.3, -0.25) is 9.78 Å². The lowest BCUT2D eigenvalue weighted by Gasteiger charge is -2.16. The number of carbonyl (C=O) groups excluding carboxylic acids is 1. The summed E-state index contributed by atoms with van der Waals surface area (Å²) < 4.78 is 0. The quantitative estimate of drug-likeness (QED) is 0.634. The van der Waals surface area contributed by atoms with Gasteiger partial charge < -0.3 is 5.32 Å². The first-order chi connectivity index (χ1) is 14.2. The van der Waals surface area contributed by atoms with Gasteiger partial charge in [0.25, 0.3) is 0 Å². The Morgan fingerprint density at radius 1 is 1.21 bits per heavy atom. The van der Waals surface area contributed by atoms with Gasteiger partial charge in [0.2, 0.25) is 5.91 Å². The Kier molecular flexibility index (Phi) is 6.06. The number of para-hydroxylation sites is 1. The highest BCUT2D eigenvalue weighted by Crippen LogP contribution is 2.27. The summed E-state index contributed by atoms with van der Waals surface area (Å²) in [6.45, 7) is 0.553. The van der Waals surface area contributed by atoms with Crippen molar-refractivity contribution in [1.82, 2.24) is 15.3 Å². The van der Waals surface area contributed by atoms with E-state index in [1.807, 2.05) is 36.4 Å². The zero-order valence-electron chi connectivity index (χ0n) is 16.1. The smallest absolute Gasteiger partial charge is 0.230 e. The lowest BCUT2D eigenvalue weighted by atomic mass is 9.95. The second-order valence-electron chi connectivity index (χ2n) is 7.15. The summed E-state index contributed by atoms with van der Waals surface area (Å²) in [5.41, 5.74) is 4.95. The molecule has 1 aliphatic carbocycles. The Morgan fingerprint density at radius 2 is 2.07 bits per heavy atom. The van der Waals surface area contributed by atoms with Crippen LogP contribution in [0.5, 0.6) is 0 Å². The number of nitrogens with one attached hydrogen (secondary N) is 1. The van der Waals surface area contributed by atoms with E-state index in [9.17, 15) is 10.1 Å². The minimum absolute atomic E-state index is 0.0494. The summed E-state index contributed by atoms with van der Waals surface area (Å²) in [5, 5.41) is 14.2. The molecular formula is C23H22N4OS. The molecule has 0 unspecified atom stereocenters. The second-order valence-corrected chi connectivity index (χ2v) is 8.11. The molecule has 0 bridgehead atoms. The van der Waals surface area contributed by atoms with Crippen molar-refractivity contribution in [2.24, 2.45) is 0 Å². The molecule has 0 aliphatic heterocycles. The Hall–Kier alpha value is -2.91. The summed E-state index contributed by atoms with van der Waals surface area (Å²) in [6, 6.07) is 14.3. The van der Waals surface area contributed by atoms with Crippen LogP contribution in [-0.4, -0.2) is 28.2 Å². The first-order valence-corrected chi connectivity index (χ1v) is 10.9. The number of hydrogen-bond donors (Lipinski definition) is 1. The van der Waals surface area contributed by atoms with Gasteiger partial charge >= 0.3 is 0 Å². The van der Waals surface area contributed by atoms with Crippen molar-refractivity contribution in [1.29, 1.82) is 5.26 Å². The number of benzene rings is 1. The van der Waals surface area contributed by atoms with Crippen molar-refractivity contribution in [2.75, 3.05) is 12.3 Å². The van der Waals surface area contributed by atoms with Gasteiger partial charge in [-0.05, 0) is 55.4 Å². The number of carbonyl (C=O) groups is 1. The minimum Gasteiger partial charge on any atom is -0.355 e. The fraction of sp³-hybridized carbons (Fsp3) is 0.304. The van der Waals surface area contributed by atoms with Crippen LogP contribution in [0.2, 0.25) is 0 Å². The molecule has 4 rings (SSSR count). The highest BCUT2D eigenvalue weighted by molar-refractivity contribution is 8.00. The highest BCUT2D eigenvalue weighted by Gasteiger charge is 2.16. The van der Waals surface area contributed by atoms with E-state index >= 15 is 0 Å². The van der Waals surface area contributed by atoms with E-state index < -0.39 is 0 Å². The van der Waals surface area contributed by atoms with Crippen LogP contribution in [0.4, 0.5) is 0 Å². The van der Waals surface area contributed by atoms with Crippen LogP contribution < -0.4 is 5.32 Å². The molecule has 146 valence electrons. The molecule has 2 heterocycles. The third kappa shape index (κ3) is 4.57. The predicted octanol–water partition coefficient (Wildman–Crippen LogP) is 3.83. The molecule has 6 heteroatoms. The third-order valence-corrected chi connectivity index (χ3v) is 6.15. The van der Waals surface area contributed by atoms with Gasteiger partial charge in [0, 0.05) is 23.8 Å². The molecule has 1 aromatic carbocycles. The maximum absolute atomic E-state index is 12.3. The van der Waals surface area contributed by atoms with Crippen LogP contribution in [0.3, 0.4) is 0 Å². The summed E-state index contributed by atoms with van der Waals surface area (Å²) in [4.78, 5) is 21.4. The fourth-order valence-corrected chi connectivity index (χ4v) is 4.50. The lowest BCUT2D eigenvalue weighted by Crippen LogP contribution is -2.27. The number of nitrogens with zero attached hydrogens (tertiary/aromatic N) is 3. The molecule has 0 saturated carbocycles. The number of rotatable bonds is 6. The number of pyridine rings is 2. The van der Waals surface area contributed by atoms with Crippen molar-refractivity contribution < 1.29 is 4.79 Å². The molecule has 1 N–H and O–H groups in total. The standard InChI is InChI=1S/C23H22N4OS/c24-14-19-13-18-5-1-2-9-20(18)27-23(19)29-15-21(28)25-12-10-17-7-3-6-16-8-4-11-26-22(16)17/h3-4,6-8,11,13H,1-2,5,9-10,12,15H2,(H,25,28). The molecule has 0 spiro atoms. The molecule has 5 nitrogen and oxygen atoms in total. The molecule has 29 heavy (non-hydrogen) atoms. The van der Waals surface area contributed by atoms with Gasteiger partial charge in [-0.25, -0.2) is 4.98 Å². The maximum atomic E-state index is 12.3. The van der Waals surface area contributed by atoms with Crippen molar-refractivity contribution in [3.8, 4) is 6.07 Å². The molecule has 0 saturated heterocycles. The van der Waals surface area contributed by atoms with Crippen LogP contribution in [0.15, 0.2) is 47.6 Å². The SMILES string of the molecule is N#Cc1cc2c(nc1SCC(=O)NCCc1cccc3cccnc13)CCCC2. The Bertz CT molecular complexity index is 1080. The minimum atomic E-state index is -0.0494. The number of amides is 1. The number of aryl methyl sites for hydroxylation is 2. The molecule has 0 fully saturated rings. The maximum Gasteiger partial charge on any atom is 0.230 e. The van der Waals surface area contributed by atoms with Gasteiger partial charge in [-0.2, -0.15) is 5.26 Å². The number of aromatic nitrogens is 2. The van der Waals surface area contributed by atoms with E-state index in [0.29, 0.717) is 17.1 Å². The normalized spacial score (nSPS) is 12.9. The number of thioether (sulfide) groups is 1. The van der Waals surface area contributed by atoms with E-state index in [1.54, 1.807) is 6.20 Å². The van der Waals surface area contributed by atoms with Gasteiger partial charge in [0.1, 0.15) is 11.1 Å². The van der Waals surface area contributed by atoms with Crippen LogP contribution in [0, 0.1) is 11.3 Å². The average molecular weight is 403 g/mol. The zero-order chi connectivity index (χ0) is 20.1. The predicted molar refractivity (Wildman–Crippen MR) is 115 cm³/mol. The van der Waals surface area contributed by atoms with E-state index in [4.69, 9.17) is 0 Å². The Labute approximate surface area is 174 Å². The van der Waals surface area contributed by atoms with Crippen molar-refractivity contribution in [3.05, 3.63) is 65.0 Å². The van der Waals surface area contributed by atoms with Gasteiger partial charge in [0.15, 0.2) is 0 Å². The van der Waals surface area contributed by atoms with E-state index in [0.717, 1.165) is 54.3 Å². The van der Waals surface area contributed by atoms with Crippen LogP contribution >= 0.6 is 11.8 Å². The van der Waals surface area contributed by atoms with Gasteiger partial charge in [-0.1, -0.05) is 36.0 Å². The lowest BCUT2D eigenvalue weighted by molar-refractivity contribution is -0.118. The highest BCUT2D eigenvalue weighted by atomic mass is 32.2. The van der Waals surface area contributed by atoms with Gasteiger partial charge in [0.05, 0.1) is 16.8 Å². The van der Waals surface area contributed by atoms with Crippen LogP contribution in [0.25, 0.3) is 10.9 Å². The Balaban J connectivity index is 1.33. The average Bonchev–Trinajstić information content (AvgIpc) is 2.77. The molecular weight excluding hydrogens is 380 g/mol. The van der Waals surface area contributed by atoms with E-state index in [2.05, 4.69) is 21.4 Å². The number of hydrogen-bond acceptors (Lipinski definition) is 5. The van der Waals surface area contributed by atoms with Crippen molar-refractivity contribution in [3.63, 3.8) is 0 Å². The third-order valence-electron chi connectivity index (χ3n) is 5.16. The van der Waals surface area contributed by atoms with Crippen LogP contribution in [-0.2, 0) is 24.1 Å². The monoisotopic (exact) mass is 402 g/mol. The van der Waals surface area contributed by atoms with Crippen molar-refractivity contribution in [2.45, 2.75) is 37.1 Å².